The summed E-state index contributed by atoms with van der Waals surface area (Å²) in [6.45, 7) is 16.6. The van der Waals surface area contributed by atoms with Crippen molar-refractivity contribution in [1.29, 1.82) is 0 Å². The van der Waals surface area contributed by atoms with E-state index in [1.807, 2.05) is 55.4 Å². The van der Waals surface area contributed by atoms with E-state index in [0.29, 0.717) is 31.6 Å². The highest BCUT2D eigenvalue weighted by atomic mass is 19.4. The maximum atomic E-state index is 13.8. The quantitative estimate of drug-likeness (QED) is 0.430. The van der Waals surface area contributed by atoms with Crippen LogP contribution in [0.15, 0.2) is 12.3 Å². The summed E-state index contributed by atoms with van der Waals surface area (Å²) >= 11 is 0. The maximum Gasteiger partial charge on any atom is 0.419 e. The summed E-state index contributed by atoms with van der Waals surface area (Å²) in [6, 6.07) is 1.45. The van der Waals surface area contributed by atoms with Crippen molar-refractivity contribution in [3.63, 3.8) is 0 Å². The first-order valence-corrected chi connectivity index (χ1v) is 12.8. The number of hydrogen-bond donors (Lipinski definition) is 0. The van der Waals surface area contributed by atoms with E-state index in [0.717, 1.165) is 19.0 Å². The first-order valence-electron chi connectivity index (χ1n) is 12.8. The normalized spacial score (nSPS) is 22.1. The van der Waals surface area contributed by atoms with Gasteiger partial charge in [0.25, 0.3) is 0 Å². The molecule has 1 aliphatic carbocycles. The van der Waals surface area contributed by atoms with Gasteiger partial charge in [-0.25, -0.2) is 4.98 Å². The molecule has 2 fully saturated rings. The second kappa shape index (κ2) is 10.5. The van der Waals surface area contributed by atoms with Gasteiger partial charge in [-0.2, -0.15) is 13.2 Å². The summed E-state index contributed by atoms with van der Waals surface area (Å²) in [7, 11) is 0. The Bertz CT molecular complexity index is 953. The third kappa shape index (κ3) is 8.64. The van der Waals surface area contributed by atoms with Crippen LogP contribution in [-0.4, -0.2) is 53.2 Å². The predicted molar refractivity (Wildman–Crippen MR) is 135 cm³/mol. The number of hydrogen-bond acceptors (Lipinski definition) is 5. The number of pyridine rings is 1. The van der Waals surface area contributed by atoms with Crippen LogP contribution in [0.3, 0.4) is 0 Å². The zero-order chi connectivity index (χ0) is 26.9. The van der Waals surface area contributed by atoms with Gasteiger partial charge >= 0.3 is 6.18 Å². The summed E-state index contributed by atoms with van der Waals surface area (Å²) < 4.78 is 59.5. The molecule has 1 saturated carbocycles. The van der Waals surface area contributed by atoms with Gasteiger partial charge in [-0.05, 0) is 93.1 Å². The van der Waals surface area contributed by atoms with Gasteiger partial charge in [-0.3, -0.25) is 0 Å². The van der Waals surface area contributed by atoms with Gasteiger partial charge in [0.1, 0.15) is 11.3 Å². The Kier molecular flexibility index (Phi) is 8.39. The molecule has 2 aliphatic rings. The van der Waals surface area contributed by atoms with Crippen molar-refractivity contribution in [3.8, 4) is 11.8 Å². The molecule has 8 heteroatoms. The Balaban J connectivity index is 1.65. The van der Waals surface area contributed by atoms with Crippen LogP contribution in [0.4, 0.5) is 18.9 Å². The fraction of sp³-hybridized carbons (Fsp3) is 0.750. The number of anilines is 1. The van der Waals surface area contributed by atoms with Crippen LogP contribution >= 0.6 is 0 Å². The molecular weight excluding hydrogens is 469 g/mol. The van der Waals surface area contributed by atoms with Crippen LogP contribution in [-0.2, 0) is 20.4 Å². The molecule has 0 unspecified atom stereocenters. The molecule has 2 heterocycles. The molecule has 0 aromatic carbocycles. The molecule has 5 nitrogen and oxygen atoms in total. The highest BCUT2D eigenvalue weighted by Crippen LogP contribution is 2.38. The molecule has 1 aromatic heterocycles. The van der Waals surface area contributed by atoms with Gasteiger partial charge in [0.15, 0.2) is 0 Å². The topological polar surface area (TPSA) is 43.8 Å². The lowest BCUT2D eigenvalue weighted by Gasteiger charge is -2.42. The van der Waals surface area contributed by atoms with E-state index >= 15 is 0 Å². The van der Waals surface area contributed by atoms with Crippen LogP contribution in [0.25, 0.3) is 0 Å². The van der Waals surface area contributed by atoms with E-state index in [1.165, 1.54) is 6.07 Å². The number of ether oxygens (including phenoxy) is 3. The van der Waals surface area contributed by atoms with Gasteiger partial charge < -0.3 is 19.1 Å². The summed E-state index contributed by atoms with van der Waals surface area (Å²) in [5, 5.41) is 0. The predicted octanol–water partition coefficient (Wildman–Crippen LogP) is 6.38. The Morgan fingerprint density at radius 2 is 1.50 bits per heavy atom. The average molecular weight is 511 g/mol. The Morgan fingerprint density at radius 3 is 2.03 bits per heavy atom. The van der Waals surface area contributed by atoms with Crippen molar-refractivity contribution in [3.05, 3.63) is 23.5 Å². The van der Waals surface area contributed by atoms with Gasteiger partial charge in [-0.15, -0.1) is 0 Å². The van der Waals surface area contributed by atoms with E-state index in [4.69, 9.17) is 14.2 Å². The number of piperidine rings is 1. The third-order valence-electron chi connectivity index (χ3n) is 5.98. The van der Waals surface area contributed by atoms with Crippen molar-refractivity contribution in [2.45, 2.75) is 122 Å². The van der Waals surface area contributed by atoms with Crippen molar-refractivity contribution in [2.75, 3.05) is 18.0 Å². The SMILES string of the molecule is CC(C)(C)OC1CC(OC2CCN(c3cc(C#CC(C)(C)OC(C)(C)C)ncc3C(F)(F)F)CC2)C1. The summed E-state index contributed by atoms with van der Waals surface area (Å²) in [4.78, 5) is 5.77. The standard InChI is InChI=1S/C28H41F3N2O3/c1-25(2,3)35-22-16-21(17-22)34-20-10-13-33(14-11-20)24-15-19(32-18-23(24)28(29,30)31)9-12-27(7,8)36-26(4,5)6/h15,18,20-22H,10-11,13-14,16-17H2,1-8H3. The first-order chi connectivity index (χ1) is 16.4. The molecule has 1 aliphatic heterocycles. The molecule has 0 spiro atoms. The molecule has 3 rings (SSSR count). The third-order valence-corrected chi connectivity index (χ3v) is 5.98. The van der Waals surface area contributed by atoms with Crippen LogP contribution < -0.4 is 4.90 Å². The molecular formula is C28H41F3N2O3. The van der Waals surface area contributed by atoms with Crippen LogP contribution in [0, 0.1) is 11.8 Å². The lowest BCUT2D eigenvalue weighted by atomic mass is 9.90. The van der Waals surface area contributed by atoms with E-state index < -0.39 is 22.9 Å². The number of nitrogens with zero attached hydrogens (tertiary/aromatic N) is 2. The maximum absolute atomic E-state index is 13.8. The van der Waals surface area contributed by atoms with Crippen LogP contribution in [0.1, 0.15) is 92.3 Å². The lowest BCUT2D eigenvalue weighted by Crippen LogP contribution is -2.45. The van der Waals surface area contributed by atoms with Gasteiger partial charge in [0, 0.05) is 19.3 Å². The minimum atomic E-state index is -4.50. The first kappa shape index (κ1) is 28.7. The largest absolute Gasteiger partial charge is 0.419 e. The molecule has 0 radical (unpaired) electrons. The molecule has 0 atom stereocenters. The molecule has 0 N–H and O–H groups in total. The van der Waals surface area contributed by atoms with E-state index in [9.17, 15) is 13.2 Å². The van der Waals surface area contributed by atoms with Crippen LogP contribution in [0.5, 0.6) is 0 Å². The van der Waals surface area contributed by atoms with Crippen molar-refractivity contribution in [1.82, 2.24) is 4.98 Å². The number of rotatable bonds is 5. The van der Waals surface area contributed by atoms with Crippen LogP contribution in [0.2, 0.25) is 0 Å². The smallest absolute Gasteiger partial charge is 0.375 e. The number of alkyl halides is 3. The Hall–Kier alpha value is -1.82. The molecule has 0 bridgehead atoms. The Labute approximate surface area is 214 Å². The molecule has 1 aromatic rings. The average Bonchev–Trinajstić information content (AvgIpc) is 2.68. The zero-order valence-corrected chi connectivity index (χ0v) is 22.9. The van der Waals surface area contributed by atoms with E-state index in [1.54, 1.807) is 4.90 Å². The van der Waals surface area contributed by atoms with Crippen molar-refractivity contribution < 1.29 is 27.4 Å². The fourth-order valence-electron chi connectivity index (χ4n) is 4.73. The number of halogens is 3. The minimum Gasteiger partial charge on any atom is -0.375 e. The second-order valence-corrected chi connectivity index (χ2v) is 12.3. The van der Waals surface area contributed by atoms with E-state index in [2.05, 4.69) is 16.8 Å². The summed E-state index contributed by atoms with van der Waals surface area (Å²) in [5.74, 6) is 5.93. The highest BCUT2D eigenvalue weighted by Gasteiger charge is 2.38. The zero-order valence-electron chi connectivity index (χ0n) is 22.9. The highest BCUT2D eigenvalue weighted by molar-refractivity contribution is 5.57. The summed E-state index contributed by atoms with van der Waals surface area (Å²) in [5.41, 5.74) is -1.65. The van der Waals surface area contributed by atoms with Crippen molar-refractivity contribution >= 4 is 5.69 Å². The molecule has 202 valence electrons. The van der Waals surface area contributed by atoms with Gasteiger partial charge in [0.2, 0.25) is 0 Å². The molecule has 36 heavy (non-hydrogen) atoms. The summed E-state index contributed by atoms with van der Waals surface area (Å²) in [6.07, 6.45) is -0.0707. The molecule has 1 saturated heterocycles. The van der Waals surface area contributed by atoms with Gasteiger partial charge in [0.05, 0.1) is 40.8 Å². The van der Waals surface area contributed by atoms with E-state index in [-0.39, 0.29) is 29.6 Å². The second-order valence-electron chi connectivity index (χ2n) is 12.3. The lowest BCUT2D eigenvalue weighted by molar-refractivity contribution is -0.164. The monoisotopic (exact) mass is 510 g/mol. The fourth-order valence-corrected chi connectivity index (χ4v) is 4.73. The molecule has 0 amide bonds. The minimum absolute atomic E-state index is 0.0487. The van der Waals surface area contributed by atoms with Gasteiger partial charge in [-0.1, -0.05) is 5.92 Å². The number of aromatic nitrogens is 1. The van der Waals surface area contributed by atoms with Crippen molar-refractivity contribution in [2.24, 2.45) is 0 Å². The Morgan fingerprint density at radius 1 is 0.889 bits per heavy atom.